The zero-order chi connectivity index (χ0) is 12.2. The van der Waals surface area contributed by atoms with E-state index in [0.717, 1.165) is 17.3 Å². The first-order valence-electron chi connectivity index (χ1n) is 5.52. The molecule has 0 saturated carbocycles. The first-order valence-corrected chi connectivity index (χ1v) is 6.31. The minimum Gasteiger partial charge on any atom is -0.299 e. The standard InChI is InChI=1S/C13H18BrNO/c1-13(2,3)12(16)6-4-5-10-7-11(14)9-15-8-10/h7-9H,4-6H2,1-3H3. The Hall–Kier alpha value is -0.700. The number of halogens is 1. The predicted molar refractivity (Wildman–Crippen MR) is 69.3 cm³/mol. The minimum atomic E-state index is -0.213. The van der Waals surface area contributed by atoms with Gasteiger partial charge in [0.15, 0.2) is 0 Å². The SMILES string of the molecule is CC(C)(C)C(=O)CCCc1cncc(Br)c1. The summed E-state index contributed by atoms with van der Waals surface area (Å²) >= 11 is 3.39. The lowest BCUT2D eigenvalue weighted by atomic mass is 9.87. The Morgan fingerprint density at radius 1 is 1.38 bits per heavy atom. The molecule has 0 aromatic carbocycles. The summed E-state index contributed by atoms with van der Waals surface area (Å²) < 4.78 is 0.993. The topological polar surface area (TPSA) is 30.0 Å². The quantitative estimate of drug-likeness (QED) is 0.842. The van der Waals surface area contributed by atoms with Crippen molar-refractivity contribution in [3.63, 3.8) is 0 Å². The van der Waals surface area contributed by atoms with Crippen molar-refractivity contribution in [2.24, 2.45) is 5.41 Å². The molecule has 3 heteroatoms. The third-order valence-corrected chi connectivity index (χ3v) is 2.90. The number of ketones is 1. The molecule has 1 heterocycles. The zero-order valence-electron chi connectivity index (χ0n) is 10.1. The van der Waals surface area contributed by atoms with Crippen molar-refractivity contribution in [2.75, 3.05) is 0 Å². The summed E-state index contributed by atoms with van der Waals surface area (Å²) in [5.74, 6) is 0.329. The summed E-state index contributed by atoms with van der Waals surface area (Å²) in [7, 11) is 0. The van der Waals surface area contributed by atoms with E-state index >= 15 is 0 Å². The summed E-state index contributed by atoms with van der Waals surface area (Å²) in [5, 5.41) is 0. The summed E-state index contributed by atoms with van der Waals surface area (Å²) in [6.45, 7) is 5.90. The Morgan fingerprint density at radius 2 is 2.06 bits per heavy atom. The van der Waals surface area contributed by atoms with Gasteiger partial charge in [-0.1, -0.05) is 20.8 Å². The van der Waals surface area contributed by atoms with Crippen LogP contribution in [0.1, 0.15) is 39.2 Å². The summed E-state index contributed by atoms with van der Waals surface area (Å²) in [5.41, 5.74) is 0.964. The molecule has 1 rings (SSSR count). The van der Waals surface area contributed by atoms with E-state index in [-0.39, 0.29) is 5.41 Å². The maximum Gasteiger partial charge on any atom is 0.138 e. The predicted octanol–water partition coefficient (Wildman–Crippen LogP) is 3.78. The fraction of sp³-hybridized carbons (Fsp3) is 0.538. The molecule has 1 aromatic rings. The van der Waals surface area contributed by atoms with Gasteiger partial charge in [-0.3, -0.25) is 9.78 Å². The first-order chi connectivity index (χ1) is 7.39. The number of carbonyl (C=O) groups is 1. The van der Waals surface area contributed by atoms with Gasteiger partial charge in [0, 0.05) is 28.7 Å². The van der Waals surface area contributed by atoms with Gasteiger partial charge in [-0.25, -0.2) is 0 Å². The highest BCUT2D eigenvalue weighted by molar-refractivity contribution is 9.10. The summed E-state index contributed by atoms with van der Waals surface area (Å²) in [6.07, 6.45) is 6.08. The van der Waals surface area contributed by atoms with Crippen LogP contribution in [0.15, 0.2) is 22.9 Å². The normalized spacial score (nSPS) is 11.5. The molecule has 0 N–H and O–H groups in total. The molecule has 0 spiro atoms. The monoisotopic (exact) mass is 283 g/mol. The van der Waals surface area contributed by atoms with E-state index in [0.29, 0.717) is 12.2 Å². The lowest BCUT2D eigenvalue weighted by Crippen LogP contribution is -2.19. The van der Waals surface area contributed by atoms with E-state index in [1.807, 2.05) is 27.0 Å². The third-order valence-electron chi connectivity index (χ3n) is 2.47. The van der Waals surface area contributed by atoms with Crippen LogP contribution in [0.3, 0.4) is 0 Å². The Bertz CT molecular complexity index is 368. The molecular formula is C13H18BrNO. The average Bonchev–Trinajstić information content (AvgIpc) is 2.16. The second-order valence-electron chi connectivity index (χ2n) is 5.04. The van der Waals surface area contributed by atoms with Crippen LogP contribution < -0.4 is 0 Å². The molecule has 88 valence electrons. The molecule has 0 aliphatic carbocycles. The van der Waals surface area contributed by atoms with E-state index in [1.54, 1.807) is 6.20 Å². The van der Waals surface area contributed by atoms with Crippen LogP contribution >= 0.6 is 15.9 Å². The molecule has 0 atom stereocenters. The molecule has 0 unspecified atom stereocenters. The van der Waals surface area contributed by atoms with Gasteiger partial charge >= 0.3 is 0 Å². The molecule has 0 radical (unpaired) electrons. The van der Waals surface area contributed by atoms with Gasteiger partial charge < -0.3 is 0 Å². The second-order valence-corrected chi connectivity index (χ2v) is 5.95. The number of nitrogens with zero attached hydrogens (tertiary/aromatic N) is 1. The Balaban J connectivity index is 2.39. The van der Waals surface area contributed by atoms with Crippen molar-refractivity contribution in [3.8, 4) is 0 Å². The highest BCUT2D eigenvalue weighted by atomic mass is 79.9. The number of rotatable bonds is 4. The van der Waals surface area contributed by atoms with Crippen LogP contribution in [0.5, 0.6) is 0 Å². The van der Waals surface area contributed by atoms with Crippen molar-refractivity contribution >= 4 is 21.7 Å². The highest BCUT2D eigenvalue weighted by Crippen LogP contribution is 2.19. The Kier molecular flexibility index (Phi) is 4.66. The maximum absolute atomic E-state index is 11.7. The van der Waals surface area contributed by atoms with Crippen LogP contribution in [0.2, 0.25) is 0 Å². The smallest absolute Gasteiger partial charge is 0.138 e. The van der Waals surface area contributed by atoms with Crippen LogP contribution in [-0.2, 0) is 11.2 Å². The maximum atomic E-state index is 11.7. The van der Waals surface area contributed by atoms with Gasteiger partial charge in [0.1, 0.15) is 5.78 Å². The van der Waals surface area contributed by atoms with Gasteiger partial charge in [-0.2, -0.15) is 0 Å². The number of pyridine rings is 1. The van der Waals surface area contributed by atoms with Gasteiger partial charge in [-0.15, -0.1) is 0 Å². The third kappa shape index (κ3) is 4.44. The molecule has 0 aliphatic rings. The number of carbonyl (C=O) groups excluding carboxylic acids is 1. The van der Waals surface area contributed by atoms with Crippen LogP contribution in [0.25, 0.3) is 0 Å². The van der Waals surface area contributed by atoms with Crippen molar-refractivity contribution in [1.82, 2.24) is 4.98 Å². The fourth-order valence-corrected chi connectivity index (χ4v) is 1.83. The van der Waals surface area contributed by atoms with Crippen LogP contribution in [-0.4, -0.2) is 10.8 Å². The minimum absolute atomic E-state index is 0.213. The van der Waals surface area contributed by atoms with Crippen molar-refractivity contribution < 1.29 is 4.79 Å². The second kappa shape index (κ2) is 5.58. The lowest BCUT2D eigenvalue weighted by Gasteiger charge is -2.16. The molecule has 0 fully saturated rings. The molecule has 0 saturated heterocycles. The summed E-state index contributed by atoms with van der Waals surface area (Å²) in [6, 6.07) is 2.05. The number of aryl methyl sites for hydroxylation is 1. The lowest BCUT2D eigenvalue weighted by molar-refractivity contribution is -0.126. The van der Waals surface area contributed by atoms with E-state index < -0.39 is 0 Å². The molecule has 1 aromatic heterocycles. The zero-order valence-corrected chi connectivity index (χ0v) is 11.7. The highest BCUT2D eigenvalue weighted by Gasteiger charge is 2.19. The van der Waals surface area contributed by atoms with E-state index in [1.165, 1.54) is 5.56 Å². The number of hydrogen-bond acceptors (Lipinski definition) is 2. The largest absolute Gasteiger partial charge is 0.299 e. The molecule has 0 aliphatic heterocycles. The number of aromatic nitrogens is 1. The van der Waals surface area contributed by atoms with Crippen molar-refractivity contribution in [3.05, 3.63) is 28.5 Å². The van der Waals surface area contributed by atoms with Gasteiger partial charge in [0.2, 0.25) is 0 Å². The van der Waals surface area contributed by atoms with E-state index in [9.17, 15) is 4.79 Å². The van der Waals surface area contributed by atoms with Crippen LogP contribution in [0, 0.1) is 5.41 Å². The molecule has 2 nitrogen and oxygen atoms in total. The number of Topliss-reactive ketones (excluding diaryl/α,β-unsaturated/α-hetero) is 1. The number of hydrogen-bond donors (Lipinski definition) is 0. The van der Waals surface area contributed by atoms with Crippen molar-refractivity contribution in [2.45, 2.75) is 40.0 Å². The van der Waals surface area contributed by atoms with Gasteiger partial charge in [-0.05, 0) is 40.4 Å². The van der Waals surface area contributed by atoms with Crippen molar-refractivity contribution in [1.29, 1.82) is 0 Å². The van der Waals surface area contributed by atoms with Gasteiger partial charge in [0.25, 0.3) is 0 Å². The Labute approximate surface area is 106 Å². The first kappa shape index (κ1) is 13.4. The summed E-state index contributed by atoms with van der Waals surface area (Å²) in [4.78, 5) is 15.8. The molecule has 0 bridgehead atoms. The van der Waals surface area contributed by atoms with E-state index in [2.05, 4.69) is 27.0 Å². The fourth-order valence-electron chi connectivity index (χ4n) is 1.42. The van der Waals surface area contributed by atoms with Crippen LogP contribution in [0.4, 0.5) is 0 Å². The molecule has 16 heavy (non-hydrogen) atoms. The van der Waals surface area contributed by atoms with Gasteiger partial charge in [0.05, 0.1) is 0 Å². The molecular weight excluding hydrogens is 266 g/mol. The van der Waals surface area contributed by atoms with E-state index in [4.69, 9.17) is 0 Å². The average molecular weight is 284 g/mol. The Morgan fingerprint density at radius 3 is 2.62 bits per heavy atom. The molecule has 0 amide bonds.